The Morgan fingerprint density at radius 1 is 0.885 bits per heavy atom. The van der Waals surface area contributed by atoms with Gasteiger partial charge in [0.2, 0.25) is 5.75 Å². The summed E-state index contributed by atoms with van der Waals surface area (Å²) in [6.07, 6.45) is 0.903. The van der Waals surface area contributed by atoms with Gasteiger partial charge in [-0.1, -0.05) is 12.1 Å². The van der Waals surface area contributed by atoms with Crippen LogP contribution >= 0.6 is 0 Å². The van der Waals surface area contributed by atoms with E-state index in [1.165, 1.54) is 28.4 Å². The van der Waals surface area contributed by atoms with Crippen LogP contribution in [0.4, 0.5) is 0 Å². The summed E-state index contributed by atoms with van der Waals surface area (Å²) < 4.78 is 21.0. The van der Waals surface area contributed by atoms with Crippen LogP contribution < -0.4 is 18.9 Å². The van der Waals surface area contributed by atoms with Crippen LogP contribution in [0, 0.1) is 0 Å². The fourth-order valence-electron chi connectivity index (χ4n) is 2.66. The maximum absolute atomic E-state index is 10.7. The van der Waals surface area contributed by atoms with Crippen LogP contribution in [-0.2, 0) is 0 Å². The lowest BCUT2D eigenvalue weighted by atomic mass is 9.99. The lowest BCUT2D eigenvalue weighted by molar-refractivity contribution is 0.215. The van der Waals surface area contributed by atoms with Gasteiger partial charge in [0.1, 0.15) is 6.10 Å². The third-order valence-electron chi connectivity index (χ3n) is 4.03. The first-order valence-electron chi connectivity index (χ1n) is 7.98. The molecular formula is C20H24O6. The summed E-state index contributed by atoms with van der Waals surface area (Å²) in [4.78, 5) is 0. The van der Waals surface area contributed by atoms with Gasteiger partial charge in [0.05, 0.1) is 28.4 Å². The van der Waals surface area contributed by atoms with Crippen LogP contribution in [0.3, 0.4) is 0 Å². The zero-order valence-electron chi connectivity index (χ0n) is 15.6. The summed E-state index contributed by atoms with van der Waals surface area (Å²) in [5.41, 5.74) is 2.03. The molecule has 6 heteroatoms. The average Bonchev–Trinajstić information content (AvgIpc) is 2.66. The minimum absolute atomic E-state index is 0.0383. The number of aliphatic hydroxyl groups is 1. The van der Waals surface area contributed by atoms with Crippen molar-refractivity contribution in [3.8, 4) is 28.7 Å². The Balaban J connectivity index is 2.38. The monoisotopic (exact) mass is 360 g/mol. The van der Waals surface area contributed by atoms with Gasteiger partial charge in [0, 0.05) is 0 Å². The molecule has 2 aromatic carbocycles. The molecule has 2 N–H and O–H groups in total. The fraction of sp³-hybridized carbons (Fsp3) is 0.300. The average molecular weight is 360 g/mol. The largest absolute Gasteiger partial charge is 0.504 e. The molecule has 1 unspecified atom stereocenters. The van der Waals surface area contributed by atoms with E-state index in [4.69, 9.17) is 18.9 Å². The van der Waals surface area contributed by atoms with Gasteiger partial charge in [-0.2, -0.15) is 0 Å². The zero-order valence-corrected chi connectivity index (χ0v) is 15.6. The van der Waals surface area contributed by atoms with Crippen molar-refractivity contribution in [1.29, 1.82) is 0 Å². The molecule has 0 aliphatic rings. The summed E-state index contributed by atoms with van der Waals surface area (Å²) in [7, 11) is 6.06. The molecule has 0 fully saturated rings. The lowest BCUT2D eigenvalue weighted by Gasteiger charge is -2.18. The number of rotatable bonds is 7. The molecule has 0 amide bonds. The van der Waals surface area contributed by atoms with Crippen molar-refractivity contribution in [1.82, 2.24) is 0 Å². The number of phenols is 1. The van der Waals surface area contributed by atoms with Crippen molar-refractivity contribution in [3.63, 3.8) is 0 Å². The minimum atomic E-state index is -0.882. The van der Waals surface area contributed by atoms with Crippen molar-refractivity contribution in [2.45, 2.75) is 13.0 Å². The molecule has 0 saturated carbocycles. The predicted molar refractivity (Wildman–Crippen MR) is 99.4 cm³/mol. The fourth-order valence-corrected chi connectivity index (χ4v) is 2.66. The van der Waals surface area contributed by atoms with E-state index in [2.05, 4.69) is 0 Å². The highest BCUT2D eigenvalue weighted by Gasteiger charge is 2.18. The van der Waals surface area contributed by atoms with E-state index in [-0.39, 0.29) is 5.75 Å². The molecular weight excluding hydrogens is 336 g/mol. The Kier molecular flexibility index (Phi) is 6.36. The van der Waals surface area contributed by atoms with Crippen molar-refractivity contribution < 1.29 is 29.2 Å². The number of aliphatic hydroxyl groups excluding tert-OH is 1. The van der Waals surface area contributed by atoms with Crippen LogP contribution in [0.2, 0.25) is 0 Å². The quantitative estimate of drug-likeness (QED) is 0.786. The first kappa shape index (κ1) is 19.5. The molecule has 0 spiro atoms. The van der Waals surface area contributed by atoms with E-state index in [1.807, 2.05) is 0 Å². The lowest BCUT2D eigenvalue weighted by Crippen LogP contribution is -2.02. The molecule has 0 saturated heterocycles. The van der Waals surface area contributed by atoms with Crippen LogP contribution in [0.5, 0.6) is 28.7 Å². The molecule has 6 nitrogen and oxygen atoms in total. The smallest absolute Gasteiger partial charge is 0.203 e. The highest BCUT2D eigenvalue weighted by molar-refractivity contribution is 5.60. The molecule has 1 atom stereocenters. The highest BCUT2D eigenvalue weighted by atomic mass is 16.5. The van der Waals surface area contributed by atoms with E-state index in [0.29, 0.717) is 34.1 Å². The van der Waals surface area contributed by atoms with Crippen LogP contribution in [0.25, 0.3) is 6.08 Å². The Labute approximate surface area is 153 Å². The first-order valence-corrected chi connectivity index (χ1v) is 7.98. The maximum Gasteiger partial charge on any atom is 0.203 e. The SMILES string of the molecule is COc1ccc(/C=C(\C)C(O)c2cc(OC)c(OC)c(OC)c2)cc1O. The normalized spacial score (nSPS) is 12.5. The number of hydrogen-bond acceptors (Lipinski definition) is 6. The number of phenolic OH excluding ortho intramolecular Hbond substituents is 1. The summed E-state index contributed by atoms with van der Waals surface area (Å²) in [6.45, 7) is 1.80. The zero-order chi connectivity index (χ0) is 19.3. The van der Waals surface area contributed by atoms with E-state index < -0.39 is 6.10 Å². The summed E-state index contributed by atoms with van der Waals surface area (Å²) in [5.74, 6) is 1.83. The van der Waals surface area contributed by atoms with Crippen molar-refractivity contribution in [3.05, 3.63) is 47.0 Å². The van der Waals surface area contributed by atoms with Crippen molar-refractivity contribution in [2.75, 3.05) is 28.4 Å². The third-order valence-corrected chi connectivity index (χ3v) is 4.03. The minimum Gasteiger partial charge on any atom is -0.504 e. The van der Waals surface area contributed by atoms with Gasteiger partial charge < -0.3 is 29.2 Å². The van der Waals surface area contributed by atoms with Gasteiger partial charge in [-0.3, -0.25) is 0 Å². The second-order valence-electron chi connectivity index (χ2n) is 5.68. The van der Waals surface area contributed by atoms with E-state index in [0.717, 1.165) is 5.56 Å². The molecule has 0 aliphatic heterocycles. The molecule has 0 aromatic heterocycles. The Bertz CT molecular complexity index is 772. The molecule has 0 radical (unpaired) electrons. The van der Waals surface area contributed by atoms with Crippen LogP contribution in [-0.4, -0.2) is 38.7 Å². The van der Waals surface area contributed by atoms with Gasteiger partial charge in [0.15, 0.2) is 23.0 Å². The van der Waals surface area contributed by atoms with E-state index in [1.54, 1.807) is 43.3 Å². The van der Waals surface area contributed by atoms with Crippen LogP contribution in [0.15, 0.2) is 35.9 Å². The molecule has 2 aromatic rings. The van der Waals surface area contributed by atoms with Crippen molar-refractivity contribution >= 4 is 6.08 Å². The molecule has 0 heterocycles. The first-order chi connectivity index (χ1) is 12.4. The van der Waals surface area contributed by atoms with Crippen LogP contribution in [0.1, 0.15) is 24.2 Å². The number of benzene rings is 2. The van der Waals surface area contributed by atoms with Gasteiger partial charge in [0.25, 0.3) is 0 Å². The second-order valence-corrected chi connectivity index (χ2v) is 5.68. The number of aromatic hydroxyl groups is 1. The van der Waals surface area contributed by atoms with Gasteiger partial charge in [-0.05, 0) is 47.9 Å². The molecule has 2 rings (SSSR count). The summed E-state index contributed by atoms with van der Waals surface area (Å²) >= 11 is 0. The molecule has 0 aliphatic carbocycles. The van der Waals surface area contributed by atoms with Gasteiger partial charge in [-0.25, -0.2) is 0 Å². The number of methoxy groups -OCH3 is 4. The Hall–Kier alpha value is -2.86. The number of hydrogen-bond donors (Lipinski definition) is 2. The van der Waals surface area contributed by atoms with E-state index >= 15 is 0 Å². The summed E-state index contributed by atoms with van der Waals surface area (Å²) in [6, 6.07) is 8.44. The summed E-state index contributed by atoms with van der Waals surface area (Å²) in [5, 5.41) is 20.6. The third kappa shape index (κ3) is 4.03. The Morgan fingerprint density at radius 2 is 1.46 bits per heavy atom. The molecule has 140 valence electrons. The maximum atomic E-state index is 10.7. The number of ether oxygens (including phenoxy) is 4. The van der Waals surface area contributed by atoms with Gasteiger partial charge in [-0.15, -0.1) is 0 Å². The highest BCUT2D eigenvalue weighted by Crippen LogP contribution is 2.41. The molecule has 0 bridgehead atoms. The standard InChI is InChI=1S/C20H24O6/c1-12(8-13-6-7-16(23-2)15(21)9-13)19(22)14-10-17(24-3)20(26-5)18(11-14)25-4/h6-11,19,21-22H,1-5H3/b12-8+. The van der Waals surface area contributed by atoms with Gasteiger partial charge >= 0.3 is 0 Å². The molecule has 26 heavy (non-hydrogen) atoms. The van der Waals surface area contributed by atoms with E-state index in [9.17, 15) is 10.2 Å². The van der Waals surface area contributed by atoms with Crippen molar-refractivity contribution in [2.24, 2.45) is 0 Å². The topological polar surface area (TPSA) is 77.4 Å². The Morgan fingerprint density at radius 3 is 1.92 bits per heavy atom. The predicted octanol–water partition coefficient (Wildman–Crippen LogP) is 3.56. The second kappa shape index (κ2) is 8.49.